The Balaban J connectivity index is 0.00000144. The fraction of sp³-hybridized carbons (Fsp3) is 0.917. The van der Waals surface area contributed by atoms with Crippen molar-refractivity contribution in [2.24, 2.45) is 10.7 Å². The van der Waals surface area contributed by atoms with E-state index in [9.17, 15) is 0 Å². The zero-order valence-electron chi connectivity index (χ0n) is 10.6. The largest absolute Gasteiger partial charge is 0.370 e. The molecule has 0 aliphatic heterocycles. The summed E-state index contributed by atoms with van der Waals surface area (Å²) < 4.78 is 0.429. The molecule has 2 aliphatic carbocycles. The van der Waals surface area contributed by atoms with Crippen LogP contribution in [0, 0.1) is 0 Å². The van der Waals surface area contributed by atoms with Crippen LogP contribution in [0.25, 0.3) is 0 Å². The van der Waals surface area contributed by atoms with Gasteiger partial charge in [-0.1, -0.05) is 19.3 Å². The van der Waals surface area contributed by atoms with E-state index in [-0.39, 0.29) is 24.0 Å². The SMILES string of the molecule is CSC1(CN=C(N)NC2CCCCC2)CC1.I. The number of guanidine groups is 1. The highest BCUT2D eigenvalue weighted by molar-refractivity contribution is 14.0. The summed E-state index contributed by atoms with van der Waals surface area (Å²) >= 11 is 1.94. The number of nitrogens with zero attached hydrogens (tertiary/aromatic N) is 1. The normalized spacial score (nSPS) is 23.9. The van der Waals surface area contributed by atoms with Gasteiger partial charge >= 0.3 is 0 Å². The Hall–Kier alpha value is 0.350. The summed E-state index contributed by atoms with van der Waals surface area (Å²) in [6.07, 6.45) is 11.3. The van der Waals surface area contributed by atoms with Gasteiger partial charge in [0.05, 0.1) is 6.54 Å². The van der Waals surface area contributed by atoms with Gasteiger partial charge in [-0.3, -0.25) is 4.99 Å². The summed E-state index contributed by atoms with van der Waals surface area (Å²) in [6, 6.07) is 0.571. The molecule has 3 nitrogen and oxygen atoms in total. The van der Waals surface area contributed by atoms with Crippen LogP contribution in [0.2, 0.25) is 0 Å². The van der Waals surface area contributed by atoms with E-state index in [1.807, 2.05) is 11.8 Å². The predicted molar refractivity (Wildman–Crippen MR) is 87.4 cm³/mol. The molecule has 0 saturated heterocycles. The molecule has 0 aromatic rings. The van der Waals surface area contributed by atoms with Crippen LogP contribution in [0.3, 0.4) is 0 Å². The lowest BCUT2D eigenvalue weighted by Gasteiger charge is -2.23. The fourth-order valence-electron chi connectivity index (χ4n) is 2.30. The monoisotopic (exact) mass is 369 g/mol. The number of nitrogens with one attached hydrogen (secondary N) is 1. The molecule has 2 rings (SSSR count). The first-order valence-electron chi connectivity index (χ1n) is 6.36. The van der Waals surface area contributed by atoms with Crippen LogP contribution in [0.15, 0.2) is 4.99 Å². The third-order valence-corrected chi connectivity index (χ3v) is 5.14. The molecule has 17 heavy (non-hydrogen) atoms. The van der Waals surface area contributed by atoms with Crippen LogP contribution in [0.4, 0.5) is 0 Å². The van der Waals surface area contributed by atoms with Gasteiger partial charge in [0.1, 0.15) is 0 Å². The Morgan fingerprint density at radius 1 is 1.35 bits per heavy atom. The van der Waals surface area contributed by atoms with Crippen LogP contribution < -0.4 is 11.1 Å². The summed E-state index contributed by atoms with van der Waals surface area (Å²) in [7, 11) is 0. The first kappa shape index (κ1) is 15.4. The molecule has 100 valence electrons. The van der Waals surface area contributed by atoms with E-state index in [1.165, 1.54) is 44.9 Å². The Labute approximate surface area is 126 Å². The molecule has 0 radical (unpaired) electrons. The third kappa shape index (κ3) is 4.85. The molecule has 0 bridgehead atoms. The molecule has 3 N–H and O–H groups in total. The van der Waals surface area contributed by atoms with E-state index in [2.05, 4.69) is 16.6 Å². The molecular formula is C12H24IN3S. The third-order valence-electron chi connectivity index (χ3n) is 3.74. The molecule has 5 heteroatoms. The van der Waals surface area contributed by atoms with Crippen molar-refractivity contribution < 1.29 is 0 Å². The van der Waals surface area contributed by atoms with Crippen molar-refractivity contribution >= 4 is 41.7 Å². The van der Waals surface area contributed by atoms with E-state index in [4.69, 9.17) is 5.73 Å². The molecule has 0 atom stereocenters. The maximum Gasteiger partial charge on any atom is 0.188 e. The van der Waals surface area contributed by atoms with Crippen molar-refractivity contribution in [3.8, 4) is 0 Å². The second-order valence-corrected chi connectivity index (χ2v) is 6.34. The minimum atomic E-state index is 0. The molecule has 2 saturated carbocycles. The summed E-state index contributed by atoms with van der Waals surface area (Å²) in [6.45, 7) is 0.889. The van der Waals surface area contributed by atoms with E-state index in [1.54, 1.807) is 0 Å². The predicted octanol–water partition coefficient (Wildman–Crippen LogP) is 2.74. The molecule has 0 spiro atoms. The number of halogens is 1. The van der Waals surface area contributed by atoms with Gasteiger partial charge in [0.25, 0.3) is 0 Å². The molecule has 2 aliphatic rings. The molecular weight excluding hydrogens is 345 g/mol. The van der Waals surface area contributed by atoms with Gasteiger partial charge in [0.15, 0.2) is 5.96 Å². The van der Waals surface area contributed by atoms with Crippen molar-refractivity contribution in [3.63, 3.8) is 0 Å². The molecule has 0 unspecified atom stereocenters. The van der Waals surface area contributed by atoms with Crippen molar-refractivity contribution in [3.05, 3.63) is 0 Å². The van der Waals surface area contributed by atoms with Gasteiger partial charge in [-0.2, -0.15) is 11.8 Å². The Morgan fingerprint density at radius 3 is 2.53 bits per heavy atom. The summed E-state index contributed by atoms with van der Waals surface area (Å²) in [5.74, 6) is 0.659. The Bertz CT molecular complexity index is 260. The maximum atomic E-state index is 5.92. The topological polar surface area (TPSA) is 50.4 Å². The average Bonchev–Trinajstić information content (AvgIpc) is 3.09. The minimum absolute atomic E-state index is 0. The summed E-state index contributed by atoms with van der Waals surface area (Å²) in [5, 5.41) is 3.36. The maximum absolute atomic E-state index is 5.92. The lowest BCUT2D eigenvalue weighted by atomic mass is 9.96. The zero-order chi connectivity index (χ0) is 11.4. The number of aliphatic imine (C=N–C) groups is 1. The summed E-state index contributed by atoms with van der Waals surface area (Å²) in [5.41, 5.74) is 5.92. The van der Waals surface area contributed by atoms with Crippen LogP contribution in [0.5, 0.6) is 0 Å². The van der Waals surface area contributed by atoms with Crippen molar-refractivity contribution in [2.45, 2.75) is 55.7 Å². The van der Waals surface area contributed by atoms with Gasteiger partial charge in [0, 0.05) is 10.8 Å². The van der Waals surface area contributed by atoms with Gasteiger partial charge in [-0.05, 0) is 31.9 Å². The number of rotatable bonds is 4. The number of nitrogens with two attached hydrogens (primary N) is 1. The van der Waals surface area contributed by atoms with Gasteiger partial charge in [-0.15, -0.1) is 24.0 Å². The van der Waals surface area contributed by atoms with Crippen LogP contribution in [0.1, 0.15) is 44.9 Å². The van der Waals surface area contributed by atoms with E-state index in [0.29, 0.717) is 16.7 Å². The van der Waals surface area contributed by atoms with Crippen LogP contribution in [-0.4, -0.2) is 29.5 Å². The molecule has 0 amide bonds. The summed E-state index contributed by atoms with van der Waals surface area (Å²) in [4.78, 5) is 4.49. The highest BCUT2D eigenvalue weighted by Crippen LogP contribution is 2.47. The van der Waals surface area contributed by atoms with Crippen molar-refractivity contribution in [1.82, 2.24) is 5.32 Å². The molecule has 2 fully saturated rings. The Kier molecular flexibility index (Phi) is 6.40. The second-order valence-electron chi connectivity index (χ2n) is 5.07. The first-order valence-corrected chi connectivity index (χ1v) is 7.58. The number of thioether (sulfide) groups is 1. The average molecular weight is 369 g/mol. The van der Waals surface area contributed by atoms with Crippen LogP contribution >= 0.6 is 35.7 Å². The lowest BCUT2D eigenvalue weighted by molar-refractivity contribution is 0.412. The van der Waals surface area contributed by atoms with Crippen molar-refractivity contribution in [2.75, 3.05) is 12.8 Å². The van der Waals surface area contributed by atoms with Crippen molar-refractivity contribution in [1.29, 1.82) is 0 Å². The lowest BCUT2D eigenvalue weighted by Crippen LogP contribution is -2.41. The van der Waals surface area contributed by atoms with E-state index in [0.717, 1.165) is 6.54 Å². The molecule has 0 aromatic carbocycles. The highest BCUT2D eigenvalue weighted by atomic mass is 127. The standard InChI is InChI=1S/C12H23N3S.HI/c1-16-12(7-8-12)9-14-11(13)15-10-5-3-2-4-6-10;/h10H,2-9H2,1H3,(H3,13,14,15);1H. The first-order chi connectivity index (χ1) is 7.74. The highest BCUT2D eigenvalue weighted by Gasteiger charge is 2.41. The molecule has 0 aromatic heterocycles. The quantitative estimate of drug-likeness (QED) is 0.455. The van der Waals surface area contributed by atoms with Crippen LogP contribution in [-0.2, 0) is 0 Å². The molecule has 0 heterocycles. The van der Waals surface area contributed by atoms with Gasteiger partial charge < -0.3 is 11.1 Å². The Morgan fingerprint density at radius 2 is 2.00 bits per heavy atom. The minimum Gasteiger partial charge on any atom is -0.370 e. The van der Waals surface area contributed by atoms with Gasteiger partial charge in [-0.25, -0.2) is 0 Å². The van der Waals surface area contributed by atoms with E-state index >= 15 is 0 Å². The number of hydrogen-bond donors (Lipinski definition) is 2. The van der Waals surface area contributed by atoms with E-state index < -0.39 is 0 Å². The smallest absolute Gasteiger partial charge is 0.188 e. The number of hydrogen-bond acceptors (Lipinski definition) is 2. The zero-order valence-corrected chi connectivity index (χ0v) is 13.7. The van der Waals surface area contributed by atoms with Gasteiger partial charge in [0.2, 0.25) is 0 Å². The fourth-order valence-corrected chi connectivity index (χ4v) is 3.00. The second kappa shape index (κ2) is 7.07.